The molecule has 0 radical (unpaired) electrons. The summed E-state index contributed by atoms with van der Waals surface area (Å²) in [5, 5.41) is 0. The molecule has 0 bridgehead atoms. The Kier molecular flexibility index (Phi) is 4.45. The summed E-state index contributed by atoms with van der Waals surface area (Å²) in [4.78, 5) is 5.05. The van der Waals surface area contributed by atoms with Gasteiger partial charge in [0, 0.05) is 17.6 Å². The molecular weight excluding hydrogens is 256 g/mol. The molecule has 1 unspecified atom stereocenters. The van der Waals surface area contributed by atoms with Crippen molar-refractivity contribution in [3.05, 3.63) is 58.9 Å². The number of benzene rings is 1. The molecule has 1 atom stereocenters. The molecule has 2 rings (SSSR count). The van der Waals surface area contributed by atoms with Crippen LogP contribution in [0.5, 0.6) is 0 Å². The molecule has 3 nitrogen and oxygen atoms in total. The molecule has 0 aliphatic carbocycles. The third kappa shape index (κ3) is 3.49. The van der Waals surface area contributed by atoms with E-state index in [-0.39, 0.29) is 0 Å². The summed E-state index contributed by atoms with van der Waals surface area (Å²) in [6, 6.07) is 9.86. The van der Waals surface area contributed by atoms with E-state index in [1.54, 1.807) is 6.20 Å². The number of nitrogens with zero attached hydrogens (tertiary/aromatic N) is 1. The summed E-state index contributed by atoms with van der Waals surface area (Å²) >= 11 is 0. The first-order valence-electron chi connectivity index (χ1n) is 6.19. The minimum atomic E-state index is -1.04. The summed E-state index contributed by atoms with van der Waals surface area (Å²) < 4.78 is 12.4. The highest BCUT2D eigenvalue weighted by atomic mass is 32.2. The van der Waals surface area contributed by atoms with Gasteiger partial charge in [0.2, 0.25) is 0 Å². The quantitative estimate of drug-likeness (QED) is 0.931. The van der Waals surface area contributed by atoms with E-state index < -0.39 is 10.8 Å². The van der Waals surface area contributed by atoms with Crippen molar-refractivity contribution in [1.29, 1.82) is 0 Å². The highest BCUT2D eigenvalue weighted by Crippen LogP contribution is 2.18. The molecule has 0 spiro atoms. The van der Waals surface area contributed by atoms with Crippen LogP contribution in [0.4, 0.5) is 0 Å². The third-order valence-corrected chi connectivity index (χ3v) is 4.50. The van der Waals surface area contributed by atoms with Crippen LogP contribution in [-0.2, 0) is 23.1 Å². The van der Waals surface area contributed by atoms with Gasteiger partial charge in [-0.3, -0.25) is 9.19 Å². The van der Waals surface area contributed by atoms with Gasteiger partial charge in [-0.25, -0.2) is 0 Å². The maximum Gasteiger partial charge on any atom is 0.0576 e. The molecule has 1 aromatic heterocycles. The second-order valence-electron chi connectivity index (χ2n) is 4.62. The maximum absolute atomic E-state index is 12.4. The molecule has 1 aromatic carbocycles. The van der Waals surface area contributed by atoms with Crippen LogP contribution in [0, 0.1) is 13.8 Å². The molecule has 0 saturated heterocycles. The van der Waals surface area contributed by atoms with Crippen molar-refractivity contribution in [2.45, 2.75) is 31.0 Å². The summed E-state index contributed by atoms with van der Waals surface area (Å²) in [6.07, 6.45) is 1.72. The lowest BCUT2D eigenvalue weighted by atomic mass is 10.2. The van der Waals surface area contributed by atoms with Gasteiger partial charge in [0.25, 0.3) is 0 Å². The number of aromatic nitrogens is 1. The number of aryl methyl sites for hydroxylation is 2. The predicted octanol–water partition coefficient (Wildman–Crippen LogP) is 2.46. The molecule has 100 valence electrons. The van der Waals surface area contributed by atoms with E-state index in [1.807, 2.05) is 44.2 Å². The Morgan fingerprint density at radius 1 is 1.21 bits per heavy atom. The second-order valence-corrected chi connectivity index (χ2v) is 6.04. The van der Waals surface area contributed by atoms with Gasteiger partial charge in [-0.15, -0.1) is 0 Å². The average Bonchev–Trinajstić information content (AvgIpc) is 2.41. The highest BCUT2D eigenvalue weighted by Gasteiger charge is 2.09. The molecule has 0 fully saturated rings. The van der Waals surface area contributed by atoms with Crippen LogP contribution in [0.15, 0.2) is 41.4 Å². The Hall–Kier alpha value is -1.52. The Balaban J connectivity index is 2.23. The van der Waals surface area contributed by atoms with Crippen molar-refractivity contribution in [1.82, 2.24) is 4.98 Å². The van der Waals surface area contributed by atoms with Crippen LogP contribution in [-0.4, -0.2) is 9.19 Å². The van der Waals surface area contributed by atoms with Crippen molar-refractivity contribution in [3.63, 3.8) is 0 Å². The average molecular weight is 274 g/mol. The molecule has 2 N–H and O–H groups in total. The van der Waals surface area contributed by atoms with Crippen molar-refractivity contribution < 1.29 is 4.21 Å². The molecule has 0 amide bonds. The molecule has 2 aromatic rings. The summed E-state index contributed by atoms with van der Waals surface area (Å²) in [5.41, 5.74) is 9.60. The van der Waals surface area contributed by atoms with Gasteiger partial charge >= 0.3 is 0 Å². The van der Waals surface area contributed by atoms with E-state index in [9.17, 15) is 4.21 Å². The van der Waals surface area contributed by atoms with Gasteiger partial charge in [0.15, 0.2) is 0 Å². The zero-order valence-corrected chi connectivity index (χ0v) is 12.0. The molecular formula is C15H18N2OS. The van der Waals surface area contributed by atoms with Gasteiger partial charge in [0.1, 0.15) is 0 Å². The van der Waals surface area contributed by atoms with Crippen LogP contribution in [0.2, 0.25) is 0 Å². The number of rotatable bonds is 4. The lowest BCUT2D eigenvalue weighted by Crippen LogP contribution is -2.03. The Morgan fingerprint density at radius 2 is 2.00 bits per heavy atom. The largest absolute Gasteiger partial charge is 0.325 e. The SMILES string of the molecule is Cc1ccc(C)c(S(=O)Cc2ccnc(CN)c2)c1. The van der Waals surface area contributed by atoms with Crippen molar-refractivity contribution in [3.8, 4) is 0 Å². The van der Waals surface area contributed by atoms with Gasteiger partial charge in [-0.1, -0.05) is 12.1 Å². The first kappa shape index (κ1) is 13.9. The Labute approximate surface area is 116 Å². The fraction of sp³-hybridized carbons (Fsp3) is 0.267. The molecule has 19 heavy (non-hydrogen) atoms. The Morgan fingerprint density at radius 3 is 2.74 bits per heavy atom. The molecule has 0 saturated carbocycles. The van der Waals surface area contributed by atoms with E-state index in [1.165, 1.54) is 0 Å². The second kappa shape index (κ2) is 6.08. The van der Waals surface area contributed by atoms with Crippen LogP contribution in [0.25, 0.3) is 0 Å². The zero-order chi connectivity index (χ0) is 13.8. The molecule has 0 aliphatic rings. The van der Waals surface area contributed by atoms with Gasteiger partial charge in [-0.2, -0.15) is 0 Å². The first-order chi connectivity index (χ1) is 9.10. The van der Waals surface area contributed by atoms with Crippen molar-refractivity contribution in [2.24, 2.45) is 5.73 Å². The third-order valence-electron chi connectivity index (χ3n) is 2.98. The van der Waals surface area contributed by atoms with Crippen LogP contribution < -0.4 is 5.73 Å². The summed E-state index contributed by atoms with van der Waals surface area (Å²) in [7, 11) is -1.04. The normalized spacial score (nSPS) is 12.4. The monoisotopic (exact) mass is 274 g/mol. The lowest BCUT2D eigenvalue weighted by Gasteiger charge is -2.08. The number of hydrogen-bond donors (Lipinski definition) is 1. The van der Waals surface area contributed by atoms with Crippen molar-refractivity contribution >= 4 is 10.8 Å². The lowest BCUT2D eigenvalue weighted by molar-refractivity contribution is 0.682. The van der Waals surface area contributed by atoms with Crippen LogP contribution in [0.1, 0.15) is 22.4 Å². The van der Waals surface area contributed by atoms with Crippen LogP contribution in [0.3, 0.4) is 0 Å². The molecule has 0 aliphatic heterocycles. The van der Waals surface area contributed by atoms with Gasteiger partial charge in [0.05, 0.1) is 22.2 Å². The fourth-order valence-corrected chi connectivity index (χ4v) is 3.29. The highest BCUT2D eigenvalue weighted by molar-refractivity contribution is 7.84. The minimum absolute atomic E-state index is 0.407. The van der Waals surface area contributed by atoms with E-state index in [0.29, 0.717) is 12.3 Å². The molecule has 4 heteroatoms. The number of pyridine rings is 1. The first-order valence-corrected chi connectivity index (χ1v) is 7.51. The van der Waals surface area contributed by atoms with Crippen LogP contribution >= 0.6 is 0 Å². The topological polar surface area (TPSA) is 56.0 Å². The van der Waals surface area contributed by atoms with Gasteiger partial charge in [-0.05, 0) is 48.7 Å². The Bertz CT molecular complexity index is 611. The van der Waals surface area contributed by atoms with E-state index in [0.717, 1.165) is 27.3 Å². The predicted molar refractivity (Wildman–Crippen MR) is 78.2 cm³/mol. The molecule has 1 heterocycles. The van der Waals surface area contributed by atoms with E-state index in [2.05, 4.69) is 4.98 Å². The summed E-state index contributed by atoms with van der Waals surface area (Å²) in [5.74, 6) is 0.500. The van der Waals surface area contributed by atoms with Gasteiger partial charge < -0.3 is 5.73 Å². The maximum atomic E-state index is 12.4. The summed E-state index contributed by atoms with van der Waals surface area (Å²) in [6.45, 7) is 4.41. The number of nitrogens with two attached hydrogens (primary N) is 1. The van der Waals surface area contributed by atoms with E-state index in [4.69, 9.17) is 5.73 Å². The smallest absolute Gasteiger partial charge is 0.0576 e. The standard InChI is InChI=1S/C15H18N2OS/c1-11-3-4-12(2)15(7-11)19(18)10-13-5-6-17-14(8-13)9-16/h3-8H,9-10,16H2,1-2H3. The minimum Gasteiger partial charge on any atom is -0.325 e. The zero-order valence-electron chi connectivity index (χ0n) is 11.2. The number of hydrogen-bond acceptors (Lipinski definition) is 3. The van der Waals surface area contributed by atoms with Crippen molar-refractivity contribution in [2.75, 3.05) is 0 Å². The fourth-order valence-electron chi connectivity index (χ4n) is 1.91. The van der Waals surface area contributed by atoms with E-state index >= 15 is 0 Å².